The zero-order valence-electron chi connectivity index (χ0n) is 21.7. The molecular weight excluding hydrogens is 538 g/mol. The fourth-order valence-corrected chi connectivity index (χ4v) is 3.99. The van der Waals surface area contributed by atoms with Crippen molar-refractivity contribution in [2.75, 3.05) is 30.0 Å². The van der Waals surface area contributed by atoms with Gasteiger partial charge in [0.15, 0.2) is 18.1 Å². The number of carbonyl (C=O) groups is 4. The first-order valence-electron chi connectivity index (χ1n) is 12.4. The quantitative estimate of drug-likeness (QED) is 0.268. The Hall–Kier alpha value is -4.83. The molecule has 5 amide bonds. The number of benzene rings is 3. The van der Waals surface area contributed by atoms with Gasteiger partial charge in [0.2, 0.25) is 0 Å². The Morgan fingerprint density at radius 1 is 0.925 bits per heavy atom. The van der Waals surface area contributed by atoms with E-state index in [1.807, 2.05) is 6.92 Å². The second-order valence-corrected chi connectivity index (χ2v) is 8.75. The minimum absolute atomic E-state index is 0.247. The van der Waals surface area contributed by atoms with Crippen molar-refractivity contribution in [3.05, 3.63) is 82.9 Å². The molecule has 0 atom stereocenters. The Morgan fingerprint density at radius 2 is 1.65 bits per heavy atom. The highest BCUT2D eigenvalue weighted by atomic mass is 35.5. The van der Waals surface area contributed by atoms with Gasteiger partial charge in [-0.3, -0.25) is 19.7 Å². The molecule has 4 rings (SSSR count). The first kappa shape index (κ1) is 28.2. The van der Waals surface area contributed by atoms with Gasteiger partial charge < -0.3 is 19.5 Å². The van der Waals surface area contributed by atoms with Crippen molar-refractivity contribution in [3.8, 4) is 17.2 Å². The number of amides is 5. The molecule has 2 N–H and O–H groups in total. The van der Waals surface area contributed by atoms with E-state index in [1.165, 1.54) is 6.08 Å². The standard InChI is InChI=1S/C29H26ClN3O7/c1-3-38-20-12-10-19(11-13-20)33-28(36)21(27(35)32-29(33)37)15-18-9-14-24(25(16-18)39-4-2)40-17-26(34)31-23-8-6-5-7-22(23)30/h5-16H,3-4,17H2,1-2H3,(H,31,34)(H,32,35,37)/b21-15+. The number of nitrogens with zero attached hydrogens (tertiary/aromatic N) is 1. The van der Waals surface area contributed by atoms with E-state index in [1.54, 1.807) is 73.7 Å². The van der Waals surface area contributed by atoms with E-state index in [0.717, 1.165) is 4.90 Å². The van der Waals surface area contributed by atoms with Crippen LogP contribution in [0, 0.1) is 0 Å². The monoisotopic (exact) mass is 563 g/mol. The lowest BCUT2D eigenvalue weighted by atomic mass is 10.1. The van der Waals surface area contributed by atoms with E-state index in [2.05, 4.69) is 10.6 Å². The topological polar surface area (TPSA) is 123 Å². The summed E-state index contributed by atoms with van der Waals surface area (Å²) in [6.07, 6.45) is 1.35. The number of barbiturate groups is 1. The van der Waals surface area contributed by atoms with Crippen LogP contribution in [0.5, 0.6) is 17.2 Å². The summed E-state index contributed by atoms with van der Waals surface area (Å²) in [6.45, 7) is 4.06. The minimum atomic E-state index is -0.856. The van der Waals surface area contributed by atoms with Crippen LogP contribution in [0.2, 0.25) is 5.02 Å². The number of hydrogen-bond acceptors (Lipinski definition) is 7. The Balaban J connectivity index is 1.53. The summed E-state index contributed by atoms with van der Waals surface area (Å²) in [5.74, 6) is -0.881. The van der Waals surface area contributed by atoms with Gasteiger partial charge >= 0.3 is 6.03 Å². The third kappa shape index (κ3) is 6.59. The van der Waals surface area contributed by atoms with E-state index in [0.29, 0.717) is 41.0 Å². The normalized spacial score (nSPS) is 14.1. The molecule has 10 nitrogen and oxygen atoms in total. The molecule has 40 heavy (non-hydrogen) atoms. The molecular formula is C29H26ClN3O7. The maximum absolute atomic E-state index is 13.2. The van der Waals surface area contributed by atoms with Crippen molar-refractivity contribution in [1.29, 1.82) is 0 Å². The third-order valence-electron chi connectivity index (χ3n) is 5.59. The van der Waals surface area contributed by atoms with Crippen molar-refractivity contribution in [1.82, 2.24) is 5.32 Å². The van der Waals surface area contributed by atoms with Crippen molar-refractivity contribution >= 4 is 52.8 Å². The summed E-state index contributed by atoms with van der Waals surface area (Å²) in [5.41, 5.74) is 0.927. The molecule has 1 fully saturated rings. The lowest BCUT2D eigenvalue weighted by Gasteiger charge is -2.26. The van der Waals surface area contributed by atoms with Gasteiger partial charge in [0, 0.05) is 0 Å². The summed E-state index contributed by atoms with van der Waals surface area (Å²) in [7, 11) is 0. The number of halogens is 1. The highest BCUT2D eigenvalue weighted by molar-refractivity contribution is 6.39. The summed E-state index contributed by atoms with van der Waals surface area (Å²) in [6, 6.07) is 17.0. The summed E-state index contributed by atoms with van der Waals surface area (Å²) in [4.78, 5) is 51.6. The van der Waals surface area contributed by atoms with Crippen LogP contribution in [0.1, 0.15) is 19.4 Å². The molecule has 0 bridgehead atoms. The predicted molar refractivity (Wildman–Crippen MR) is 150 cm³/mol. The SMILES string of the molecule is CCOc1ccc(N2C(=O)NC(=O)/C(=C\c3ccc(OCC(=O)Nc4ccccc4Cl)c(OCC)c3)C2=O)cc1. The Kier molecular flexibility index (Phi) is 9.03. The second-order valence-electron chi connectivity index (χ2n) is 8.34. The second kappa shape index (κ2) is 12.8. The highest BCUT2D eigenvalue weighted by Crippen LogP contribution is 2.31. The number of para-hydroxylation sites is 1. The molecule has 206 valence electrons. The number of ether oxygens (including phenoxy) is 3. The van der Waals surface area contributed by atoms with Gasteiger partial charge in [-0.25, -0.2) is 9.69 Å². The summed E-state index contributed by atoms with van der Waals surface area (Å²) < 4.78 is 16.7. The lowest BCUT2D eigenvalue weighted by molar-refractivity contribution is -0.122. The molecule has 11 heteroatoms. The van der Waals surface area contributed by atoms with Crippen molar-refractivity contribution < 1.29 is 33.4 Å². The van der Waals surface area contributed by atoms with Crippen molar-refractivity contribution in [3.63, 3.8) is 0 Å². The smallest absolute Gasteiger partial charge is 0.335 e. The first-order chi connectivity index (χ1) is 19.3. The van der Waals surface area contributed by atoms with Crippen molar-refractivity contribution in [2.24, 2.45) is 0 Å². The van der Waals surface area contributed by atoms with Crippen LogP contribution < -0.4 is 29.7 Å². The van der Waals surface area contributed by atoms with Gasteiger partial charge in [0.05, 0.1) is 29.6 Å². The van der Waals surface area contributed by atoms with Crippen LogP contribution in [0.25, 0.3) is 6.08 Å². The number of anilines is 2. The molecule has 1 aliphatic heterocycles. The highest BCUT2D eigenvalue weighted by Gasteiger charge is 2.36. The molecule has 3 aromatic rings. The largest absolute Gasteiger partial charge is 0.494 e. The zero-order valence-corrected chi connectivity index (χ0v) is 22.5. The number of nitrogens with one attached hydrogen (secondary N) is 2. The van der Waals surface area contributed by atoms with E-state index in [4.69, 9.17) is 25.8 Å². The summed E-state index contributed by atoms with van der Waals surface area (Å²) >= 11 is 6.08. The van der Waals surface area contributed by atoms with Crippen LogP contribution in [0.15, 0.2) is 72.3 Å². The number of imide groups is 2. The molecule has 3 aromatic carbocycles. The van der Waals surface area contributed by atoms with Gasteiger partial charge in [-0.15, -0.1) is 0 Å². The Bertz CT molecular complexity index is 1470. The molecule has 1 aliphatic rings. The van der Waals surface area contributed by atoms with E-state index < -0.39 is 23.8 Å². The first-order valence-corrected chi connectivity index (χ1v) is 12.8. The maximum Gasteiger partial charge on any atom is 0.335 e. The number of rotatable bonds is 10. The van der Waals surface area contributed by atoms with Gasteiger partial charge in [-0.2, -0.15) is 0 Å². The van der Waals surface area contributed by atoms with E-state index in [-0.39, 0.29) is 23.6 Å². The van der Waals surface area contributed by atoms with Crippen LogP contribution in [-0.4, -0.2) is 43.6 Å². The predicted octanol–water partition coefficient (Wildman–Crippen LogP) is 4.82. The number of hydrogen-bond donors (Lipinski definition) is 2. The molecule has 0 spiro atoms. The van der Waals surface area contributed by atoms with E-state index >= 15 is 0 Å². The average Bonchev–Trinajstić information content (AvgIpc) is 2.93. The zero-order chi connectivity index (χ0) is 28.6. The van der Waals surface area contributed by atoms with Crippen molar-refractivity contribution in [2.45, 2.75) is 13.8 Å². The minimum Gasteiger partial charge on any atom is -0.494 e. The van der Waals surface area contributed by atoms with Gasteiger partial charge in [-0.05, 0) is 74.0 Å². The molecule has 1 heterocycles. The molecule has 0 radical (unpaired) electrons. The van der Waals surface area contributed by atoms with Crippen LogP contribution >= 0.6 is 11.6 Å². The lowest BCUT2D eigenvalue weighted by Crippen LogP contribution is -2.54. The Labute approximate surface area is 235 Å². The average molecular weight is 564 g/mol. The number of carbonyl (C=O) groups excluding carboxylic acids is 4. The number of urea groups is 1. The van der Waals surface area contributed by atoms with Gasteiger partial charge in [-0.1, -0.05) is 29.8 Å². The fraction of sp³-hybridized carbons (Fsp3) is 0.172. The van der Waals surface area contributed by atoms with Crippen LogP contribution in [0.3, 0.4) is 0 Å². The molecule has 0 saturated carbocycles. The third-order valence-corrected chi connectivity index (χ3v) is 5.92. The van der Waals surface area contributed by atoms with Gasteiger partial charge in [0.1, 0.15) is 11.3 Å². The van der Waals surface area contributed by atoms with E-state index in [9.17, 15) is 19.2 Å². The van der Waals surface area contributed by atoms with Gasteiger partial charge in [0.25, 0.3) is 17.7 Å². The fourth-order valence-electron chi connectivity index (χ4n) is 3.81. The van der Waals surface area contributed by atoms with Crippen LogP contribution in [-0.2, 0) is 14.4 Å². The molecule has 0 aromatic heterocycles. The molecule has 0 aliphatic carbocycles. The molecule has 1 saturated heterocycles. The molecule has 0 unspecified atom stereocenters. The maximum atomic E-state index is 13.2. The van der Waals surface area contributed by atoms with Crippen LogP contribution in [0.4, 0.5) is 16.2 Å². The summed E-state index contributed by atoms with van der Waals surface area (Å²) in [5, 5.41) is 5.26. The Morgan fingerprint density at radius 3 is 2.35 bits per heavy atom.